The summed E-state index contributed by atoms with van der Waals surface area (Å²) in [6, 6.07) is 4.75. The molecule has 0 saturated heterocycles. The number of hydrogen-bond donors (Lipinski definition) is 0. The second kappa shape index (κ2) is 6.48. The lowest BCUT2D eigenvalue weighted by molar-refractivity contribution is -0.385. The number of unbranched alkanes of at least 4 members (excludes halogenated alkanes) is 3. The first-order chi connectivity index (χ1) is 7.65. The van der Waals surface area contributed by atoms with Crippen LogP contribution in [0.25, 0.3) is 0 Å². The highest BCUT2D eigenvalue weighted by Crippen LogP contribution is 2.24. The summed E-state index contributed by atoms with van der Waals surface area (Å²) < 4.78 is 0. The number of rotatable bonds is 6. The third kappa shape index (κ3) is 3.81. The molecule has 0 heterocycles. The van der Waals surface area contributed by atoms with Crippen LogP contribution in [0.1, 0.15) is 38.2 Å². The second-order valence-electron chi connectivity index (χ2n) is 3.84. The van der Waals surface area contributed by atoms with Crippen molar-refractivity contribution in [2.45, 2.75) is 39.0 Å². The van der Waals surface area contributed by atoms with Crippen LogP contribution in [0.2, 0.25) is 5.02 Å². The molecule has 0 amide bonds. The van der Waals surface area contributed by atoms with Crippen LogP contribution in [-0.2, 0) is 6.42 Å². The summed E-state index contributed by atoms with van der Waals surface area (Å²) in [5, 5.41) is 11.4. The summed E-state index contributed by atoms with van der Waals surface area (Å²) >= 11 is 5.84. The fraction of sp³-hybridized carbons (Fsp3) is 0.500. The van der Waals surface area contributed by atoms with E-state index in [0.29, 0.717) is 5.02 Å². The molecule has 3 nitrogen and oxygen atoms in total. The molecule has 0 aromatic heterocycles. The molecule has 1 aromatic carbocycles. The largest absolute Gasteiger partial charge is 0.272 e. The first-order valence-corrected chi connectivity index (χ1v) is 5.95. The predicted molar refractivity (Wildman–Crippen MR) is 66.0 cm³/mol. The Morgan fingerprint density at radius 2 is 2.06 bits per heavy atom. The summed E-state index contributed by atoms with van der Waals surface area (Å²) in [7, 11) is 0. The lowest BCUT2D eigenvalue weighted by Crippen LogP contribution is -1.95. The topological polar surface area (TPSA) is 43.1 Å². The molecule has 0 bridgehead atoms. The van der Waals surface area contributed by atoms with Crippen molar-refractivity contribution in [3.8, 4) is 0 Å². The minimum Gasteiger partial charge on any atom is -0.258 e. The number of nitrogens with zero attached hydrogens (tertiary/aromatic N) is 1. The van der Waals surface area contributed by atoms with E-state index in [-0.39, 0.29) is 10.6 Å². The molecule has 0 unspecified atom stereocenters. The standard InChI is InChI=1S/C12H16ClNO2/c1-2-3-4-5-6-10-9-11(13)7-8-12(10)14(15)16/h7-9H,2-6H2,1H3. The van der Waals surface area contributed by atoms with Crippen LogP contribution in [0.3, 0.4) is 0 Å². The Morgan fingerprint density at radius 1 is 1.31 bits per heavy atom. The van der Waals surface area contributed by atoms with E-state index >= 15 is 0 Å². The van der Waals surface area contributed by atoms with Gasteiger partial charge >= 0.3 is 0 Å². The molecule has 0 radical (unpaired) electrons. The average molecular weight is 242 g/mol. The molecule has 0 aliphatic heterocycles. The van der Waals surface area contributed by atoms with Gasteiger partial charge < -0.3 is 0 Å². The molecule has 0 atom stereocenters. The zero-order valence-corrected chi connectivity index (χ0v) is 10.2. The van der Waals surface area contributed by atoms with Crippen LogP contribution in [0.5, 0.6) is 0 Å². The third-order valence-electron chi connectivity index (χ3n) is 2.54. The van der Waals surface area contributed by atoms with Crippen LogP contribution in [0.4, 0.5) is 5.69 Å². The van der Waals surface area contributed by atoms with Crippen LogP contribution in [0, 0.1) is 10.1 Å². The number of nitro groups is 1. The number of halogens is 1. The fourth-order valence-corrected chi connectivity index (χ4v) is 1.87. The van der Waals surface area contributed by atoms with E-state index in [1.165, 1.54) is 12.5 Å². The van der Waals surface area contributed by atoms with E-state index in [9.17, 15) is 10.1 Å². The molecule has 0 N–H and O–H groups in total. The van der Waals surface area contributed by atoms with Crippen LogP contribution in [0.15, 0.2) is 18.2 Å². The van der Waals surface area contributed by atoms with Gasteiger partial charge in [-0.15, -0.1) is 0 Å². The Balaban J connectivity index is 2.68. The summed E-state index contributed by atoms with van der Waals surface area (Å²) in [6.45, 7) is 2.14. The maximum atomic E-state index is 10.8. The fourth-order valence-electron chi connectivity index (χ4n) is 1.67. The Hall–Kier alpha value is -1.09. The minimum absolute atomic E-state index is 0.181. The zero-order valence-electron chi connectivity index (χ0n) is 9.41. The Bertz CT molecular complexity index is 366. The van der Waals surface area contributed by atoms with Crippen LogP contribution < -0.4 is 0 Å². The highest BCUT2D eigenvalue weighted by molar-refractivity contribution is 6.30. The van der Waals surface area contributed by atoms with E-state index in [4.69, 9.17) is 11.6 Å². The SMILES string of the molecule is CCCCCCc1cc(Cl)ccc1[N+](=O)[O-]. The van der Waals surface area contributed by atoms with Gasteiger partial charge in [0, 0.05) is 16.7 Å². The zero-order chi connectivity index (χ0) is 12.0. The van der Waals surface area contributed by atoms with Gasteiger partial charge in [0.05, 0.1) is 4.92 Å². The lowest BCUT2D eigenvalue weighted by Gasteiger charge is -2.03. The van der Waals surface area contributed by atoms with E-state index in [0.717, 1.165) is 31.2 Å². The maximum Gasteiger partial charge on any atom is 0.272 e. The molecule has 0 aliphatic rings. The number of hydrogen-bond acceptors (Lipinski definition) is 2. The van der Waals surface area contributed by atoms with Gasteiger partial charge in [0.15, 0.2) is 0 Å². The summed E-state index contributed by atoms with van der Waals surface area (Å²) in [4.78, 5) is 10.4. The highest BCUT2D eigenvalue weighted by atomic mass is 35.5. The molecule has 0 saturated carbocycles. The van der Waals surface area contributed by atoms with Crippen molar-refractivity contribution in [1.82, 2.24) is 0 Å². The molecular weight excluding hydrogens is 226 g/mol. The molecular formula is C12H16ClNO2. The summed E-state index contributed by atoms with van der Waals surface area (Å²) in [6.07, 6.45) is 5.16. The van der Waals surface area contributed by atoms with Gasteiger partial charge in [-0.25, -0.2) is 0 Å². The van der Waals surface area contributed by atoms with Crippen molar-refractivity contribution in [3.63, 3.8) is 0 Å². The minimum atomic E-state index is -0.342. The molecule has 4 heteroatoms. The number of nitro benzene ring substituents is 1. The molecule has 0 spiro atoms. The monoisotopic (exact) mass is 241 g/mol. The van der Waals surface area contributed by atoms with Crippen molar-refractivity contribution in [3.05, 3.63) is 38.9 Å². The van der Waals surface area contributed by atoms with E-state index in [2.05, 4.69) is 6.92 Å². The first kappa shape index (κ1) is 13.0. The van der Waals surface area contributed by atoms with Crippen molar-refractivity contribution in [2.24, 2.45) is 0 Å². The van der Waals surface area contributed by atoms with Crippen LogP contribution >= 0.6 is 11.6 Å². The van der Waals surface area contributed by atoms with Gasteiger partial charge in [-0.05, 0) is 25.0 Å². The second-order valence-corrected chi connectivity index (χ2v) is 4.28. The Labute approximate surface area is 101 Å². The molecule has 0 fully saturated rings. The maximum absolute atomic E-state index is 10.8. The molecule has 88 valence electrons. The molecule has 1 rings (SSSR count). The van der Waals surface area contributed by atoms with Gasteiger partial charge in [0.25, 0.3) is 5.69 Å². The van der Waals surface area contributed by atoms with Gasteiger partial charge in [0.2, 0.25) is 0 Å². The van der Waals surface area contributed by atoms with E-state index in [1.54, 1.807) is 12.1 Å². The average Bonchev–Trinajstić information content (AvgIpc) is 2.24. The van der Waals surface area contributed by atoms with Crippen molar-refractivity contribution >= 4 is 17.3 Å². The lowest BCUT2D eigenvalue weighted by atomic mass is 10.0. The van der Waals surface area contributed by atoms with Gasteiger partial charge in [0.1, 0.15) is 0 Å². The van der Waals surface area contributed by atoms with Gasteiger partial charge in [-0.2, -0.15) is 0 Å². The third-order valence-corrected chi connectivity index (χ3v) is 2.77. The van der Waals surface area contributed by atoms with Crippen molar-refractivity contribution in [2.75, 3.05) is 0 Å². The van der Waals surface area contributed by atoms with Crippen molar-refractivity contribution in [1.29, 1.82) is 0 Å². The summed E-state index contributed by atoms with van der Waals surface area (Å²) in [5.41, 5.74) is 0.925. The molecule has 0 aliphatic carbocycles. The van der Waals surface area contributed by atoms with Crippen LogP contribution in [-0.4, -0.2) is 4.92 Å². The normalized spacial score (nSPS) is 10.4. The first-order valence-electron chi connectivity index (χ1n) is 5.58. The van der Waals surface area contributed by atoms with E-state index < -0.39 is 0 Å². The quantitative estimate of drug-likeness (QED) is 0.422. The summed E-state index contributed by atoms with van der Waals surface area (Å²) in [5.74, 6) is 0. The smallest absolute Gasteiger partial charge is 0.258 e. The number of benzene rings is 1. The van der Waals surface area contributed by atoms with E-state index in [1.807, 2.05) is 0 Å². The number of aryl methyl sites for hydroxylation is 1. The predicted octanol–water partition coefficient (Wildman–Crippen LogP) is 4.37. The molecule has 16 heavy (non-hydrogen) atoms. The van der Waals surface area contributed by atoms with Gasteiger partial charge in [-0.1, -0.05) is 37.8 Å². The van der Waals surface area contributed by atoms with Crippen molar-refractivity contribution < 1.29 is 4.92 Å². The Morgan fingerprint density at radius 3 is 2.69 bits per heavy atom. The Kier molecular flexibility index (Phi) is 5.26. The van der Waals surface area contributed by atoms with Gasteiger partial charge in [-0.3, -0.25) is 10.1 Å². The molecule has 1 aromatic rings. The highest BCUT2D eigenvalue weighted by Gasteiger charge is 2.12.